The molecule has 1 aliphatic rings. The number of carbonyl (C=O) groups is 1. The fourth-order valence-electron chi connectivity index (χ4n) is 4.16. The second kappa shape index (κ2) is 7.12. The van der Waals surface area contributed by atoms with Crippen molar-refractivity contribution < 1.29 is 19.7 Å². The normalized spacial score (nSPS) is 17.1. The molecule has 0 bridgehead atoms. The Kier molecular flexibility index (Phi) is 4.74. The number of aliphatic carboxylic acids is 1. The fraction of sp³-hybridized carbons (Fsp3) is 0.208. The van der Waals surface area contributed by atoms with Gasteiger partial charge in [0.05, 0.1) is 0 Å². The number of hydrogen-bond donors (Lipinski definition) is 3. The van der Waals surface area contributed by atoms with Crippen molar-refractivity contribution in [2.75, 3.05) is 0 Å². The summed E-state index contributed by atoms with van der Waals surface area (Å²) in [4.78, 5) is 11.6. The third-order valence-corrected chi connectivity index (χ3v) is 5.67. The maximum absolute atomic E-state index is 11.6. The van der Waals surface area contributed by atoms with Crippen LogP contribution in [-0.4, -0.2) is 28.0 Å². The predicted octanol–water partition coefficient (Wildman–Crippen LogP) is 3.49. The molecule has 0 radical (unpaired) electrons. The first-order chi connectivity index (χ1) is 13.9. The second-order valence-corrected chi connectivity index (χ2v) is 7.25. The molecule has 4 rings (SSSR count). The van der Waals surface area contributed by atoms with Gasteiger partial charge in [-0.3, -0.25) is 4.79 Å². The van der Waals surface area contributed by atoms with Crippen LogP contribution in [0.3, 0.4) is 0 Å². The van der Waals surface area contributed by atoms with Gasteiger partial charge in [0.1, 0.15) is 5.60 Å². The van der Waals surface area contributed by atoms with Gasteiger partial charge in [-0.2, -0.15) is 0 Å². The van der Waals surface area contributed by atoms with Crippen LogP contribution in [0.25, 0.3) is 11.1 Å². The maximum Gasteiger partial charge on any atom is 0.326 e. The van der Waals surface area contributed by atoms with Crippen LogP contribution in [0.2, 0.25) is 0 Å². The van der Waals surface area contributed by atoms with E-state index in [-0.39, 0.29) is 6.42 Å². The standard InChI is InChI=1S/C24H23NO4/c1-2-23(28,21(25)22(26)27)29-24(16-10-4-3-5-11-16)19-14-8-6-12-17(19)18-13-7-9-15-20(18)24/h3-15,21,28H,2,25H2,1H3,(H,26,27)/t21-,23?/m1/s1. The molecule has 0 fully saturated rings. The predicted molar refractivity (Wildman–Crippen MR) is 110 cm³/mol. The molecule has 0 aromatic heterocycles. The zero-order chi connectivity index (χ0) is 20.6. The van der Waals surface area contributed by atoms with Crippen molar-refractivity contribution in [3.8, 4) is 11.1 Å². The van der Waals surface area contributed by atoms with Crippen LogP contribution in [0.1, 0.15) is 30.0 Å². The molecule has 5 nitrogen and oxygen atoms in total. The van der Waals surface area contributed by atoms with Crippen LogP contribution in [0.4, 0.5) is 0 Å². The summed E-state index contributed by atoms with van der Waals surface area (Å²) < 4.78 is 6.45. The molecule has 0 amide bonds. The van der Waals surface area contributed by atoms with Crippen molar-refractivity contribution in [2.45, 2.75) is 30.8 Å². The number of carboxylic acid groups (broad SMARTS) is 1. The second-order valence-electron chi connectivity index (χ2n) is 7.25. The maximum atomic E-state index is 11.6. The first kappa shape index (κ1) is 19.3. The van der Waals surface area contributed by atoms with Crippen molar-refractivity contribution in [3.63, 3.8) is 0 Å². The van der Waals surface area contributed by atoms with Gasteiger partial charge < -0.3 is 20.7 Å². The average molecular weight is 389 g/mol. The highest BCUT2D eigenvalue weighted by Crippen LogP contribution is 2.54. The first-order valence-corrected chi connectivity index (χ1v) is 9.60. The molecule has 2 atom stereocenters. The summed E-state index contributed by atoms with van der Waals surface area (Å²) in [5.74, 6) is -3.40. The van der Waals surface area contributed by atoms with E-state index >= 15 is 0 Å². The summed E-state index contributed by atoms with van der Waals surface area (Å²) in [5, 5.41) is 20.8. The fourth-order valence-corrected chi connectivity index (χ4v) is 4.16. The van der Waals surface area contributed by atoms with Gasteiger partial charge in [0.2, 0.25) is 0 Å². The van der Waals surface area contributed by atoms with Crippen LogP contribution in [0.5, 0.6) is 0 Å². The van der Waals surface area contributed by atoms with E-state index in [0.717, 1.165) is 27.8 Å². The van der Waals surface area contributed by atoms with Crippen LogP contribution in [0.15, 0.2) is 78.9 Å². The molecule has 4 N–H and O–H groups in total. The molecule has 5 heteroatoms. The van der Waals surface area contributed by atoms with Gasteiger partial charge in [0, 0.05) is 17.5 Å². The number of fused-ring (bicyclic) bond motifs is 3. The summed E-state index contributed by atoms with van der Waals surface area (Å²) in [5.41, 5.74) is 9.14. The van der Waals surface area contributed by atoms with Gasteiger partial charge in [-0.1, -0.05) is 85.8 Å². The lowest BCUT2D eigenvalue weighted by Crippen LogP contribution is -2.57. The lowest BCUT2D eigenvalue weighted by molar-refractivity contribution is -0.259. The van der Waals surface area contributed by atoms with Gasteiger partial charge in [-0.25, -0.2) is 0 Å². The third kappa shape index (κ3) is 2.86. The SMILES string of the molecule is CCC(O)(OC1(c2ccccc2)c2ccccc2-c2ccccc21)[C@H](N)C(=O)O. The summed E-state index contributed by atoms with van der Waals surface area (Å²) in [6.07, 6.45) is 0.0133. The zero-order valence-corrected chi connectivity index (χ0v) is 16.1. The quantitative estimate of drug-likeness (QED) is 0.561. The molecule has 148 valence electrons. The zero-order valence-electron chi connectivity index (χ0n) is 16.1. The van der Waals surface area contributed by atoms with Crippen molar-refractivity contribution in [1.29, 1.82) is 0 Å². The van der Waals surface area contributed by atoms with Crippen molar-refractivity contribution in [2.24, 2.45) is 5.73 Å². The highest BCUT2D eigenvalue weighted by atomic mass is 16.6. The monoisotopic (exact) mass is 389 g/mol. The van der Waals surface area contributed by atoms with Crippen molar-refractivity contribution >= 4 is 5.97 Å². The summed E-state index contributed by atoms with van der Waals surface area (Å²) in [6.45, 7) is 1.66. The summed E-state index contributed by atoms with van der Waals surface area (Å²) >= 11 is 0. The highest BCUT2D eigenvalue weighted by molar-refractivity contribution is 5.82. The Morgan fingerprint density at radius 3 is 1.93 bits per heavy atom. The number of aliphatic hydroxyl groups is 1. The Morgan fingerprint density at radius 2 is 1.45 bits per heavy atom. The summed E-state index contributed by atoms with van der Waals surface area (Å²) in [6, 6.07) is 23.6. The molecule has 1 aliphatic carbocycles. The van der Waals surface area contributed by atoms with E-state index in [9.17, 15) is 15.0 Å². The molecule has 3 aromatic rings. The Bertz CT molecular complexity index is 1000. The van der Waals surface area contributed by atoms with Crippen molar-refractivity contribution in [1.82, 2.24) is 0 Å². The smallest absolute Gasteiger partial charge is 0.326 e. The number of benzene rings is 3. The average Bonchev–Trinajstić information content (AvgIpc) is 3.04. The highest BCUT2D eigenvalue weighted by Gasteiger charge is 2.53. The molecular formula is C24H23NO4. The van der Waals surface area contributed by atoms with E-state index in [1.54, 1.807) is 6.92 Å². The van der Waals surface area contributed by atoms with Gasteiger partial charge in [0.25, 0.3) is 0 Å². The first-order valence-electron chi connectivity index (χ1n) is 9.60. The molecular weight excluding hydrogens is 366 g/mol. The van der Waals surface area contributed by atoms with Crippen LogP contribution < -0.4 is 5.73 Å². The lowest BCUT2D eigenvalue weighted by atomic mass is 9.83. The largest absolute Gasteiger partial charge is 0.480 e. The summed E-state index contributed by atoms with van der Waals surface area (Å²) in [7, 11) is 0. The number of nitrogens with two attached hydrogens (primary N) is 1. The topological polar surface area (TPSA) is 92.8 Å². The van der Waals surface area contributed by atoms with Crippen molar-refractivity contribution in [3.05, 3.63) is 95.6 Å². The molecule has 0 saturated carbocycles. The Morgan fingerprint density at radius 1 is 0.966 bits per heavy atom. The van der Waals surface area contributed by atoms with E-state index in [1.165, 1.54) is 0 Å². The van der Waals surface area contributed by atoms with E-state index in [4.69, 9.17) is 10.5 Å². The molecule has 29 heavy (non-hydrogen) atoms. The minimum Gasteiger partial charge on any atom is -0.480 e. The molecule has 3 aromatic carbocycles. The minimum absolute atomic E-state index is 0.0133. The molecule has 0 aliphatic heterocycles. The third-order valence-electron chi connectivity index (χ3n) is 5.67. The van der Waals surface area contributed by atoms with E-state index in [1.807, 2.05) is 78.9 Å². The number of hydrogen-bond acceptors (Lipinski definition) is 4. The molecule has 0 saturated heterocycles. The van der Waals surface area contributed by atoms with E-state index < -0.39 is 23.4 Å². The van der Waals surface area contributed by atoms with Gasteiger partial charge in [-0.05, 0) is 16.7 Å². The number of rotatable bonds is 6. The Labute approximate surface area is 169 Å². The van der Waals surface area contributed by atoms with Gasteiger partial charge in [0.15, 0.2) is 11.8 Å². The Balaban J connectivity index is 2.03. The molecule has 0 heterocycles. The van der Waals surface area contributed by atoms with E-state index in [2.05, 4.69) is 0 Å². The minimum atomic E-state index is -2.08. The lowest BCUT2D eigenvalue weighted by Gasteiger charge is -2.42. The number of ether oxygens (including phenoxy) is 1. The van der Waals surface area contributed by atoms with Crippen LogP contribution in [0, 0.1) is 0 Å². The Hall–Kier alpha value is -2.99. The van der Waals surface area contributed by atoms with E-state index in [0.29, 0.717) is 0 Å². The number of carboxylic acids is 1. The van der Waals surface area contributed by atoms with Gasteiger partial charge >= 0.3 is 5.97 Å². The molecule has 0 spiro atoms. The van der Waals surface area contributed by atoms with Crippen LogP contribution in [-0.2, 0) is 15.1 Å². The molecule has 1 unspecified atom stereocenters. The van der Waals surface area contributed by atoms with Crippen LogP contribution >= 0.6 is 0 Å². The van der Waals surface area contributed by atoms with Gasteiger partial charge in [-0.15, -0.1) is 0 Å².